The van der Waals surface area contributed by atoms with E-state index in [9.17, 15) is 0 Å². The highest BCUT2D eigenvalue weighted by molar-refractivity contribution is 5.87. The molecule has 0 aliphatic carbocycles. The van der Waals surface area contributed by atoms with Crippen LogP contribution in [0, 0.1) is 0 Å². The Morgan fingerprint density at radius 1 is 1.28 bits per heavy atom. The third-order valence-corrected chi connectivity index (χ3v) is 3.37. The van der Waals surface area contributed by atoms with Crippen LogP contribution in [-0.2, 0) is 6.42 Å². The van der Waals surface area contributed by atoms with Gasteiger partial charge in [-0.1, -0.05) is 31.2 Å². The minimum atomic E-state index is 0.307. The van der Waals surface area contributed by atoms with Crippen molar-refractivity contribution in [1.82, 2.24) is 5.43 Å². The predicted molar refractivity (Wildman–Crippen MR) is 75.6 cm³/mol. The standard InChI is InChI=1S/C15H20N2O/c1-3-13(17-16)9-12-6-4-5-11-7-8-14(18-2)10-15(11)12/h4-8,10,13,17H,3,9,16H2,1-2H3. The van der Waals surface area contributed by atoms with Crippen molar-refractivity contribution < 1.29 is 4.74 Å². The minimum Gasteiger partial charge on any atom is -0.497 e. The Balaban J connectivity index is 2.42. The predicted octanol–water partition coefficient (Wildman–Crippen LogP) is 2.63. The van der Waals surface area contributed by atoms with Gasteiger partial charge in [0.25, 0.3) is 0 Å². The van der Waals surface area contributed by atoms with Crippen LogP contribution in [0.1, 0.15) is 18.9 Å². The molecule has 0 aliphatic heterocycles. The first-order chi connectivity index (χ1) is 8.78. The molecule has 0 fully saturated rings. The molecule has 2 aromatic rings. The van der Waals surface area contributed by atoms with E-state index in [4.69, 9.17) is 10.6 Å². The smallest absolute Gasteiger partial charge is 0.119 e. The van der Waals surface area contributed by atoms with Crippen molar-refractivity contribution >= 4 is 10.8 Å². The molecule has 3 N–H and O–H groups in total. The van der Waals surface area contributed by atoms with Crippen molar-refractivity contribution in [3.8, 4) is 5.75 Å². The molecule has 1 atom stereocenters. The van der Waals surface area contributed by atoms with Gasteiger partial charge in [0.05, 0.1) is 7.11 Å². The molecule has 0 heterocycles. The summed E-state index contributed by atoms with van der Waals surface area (Å²) in [6.07, 6.45) is 1.94. The summed E-state index contributed by atoms with van der Waals surface area (Å²) in [6.45, 7) is 2.14. The molecule has 2 rings (SSSR count). The molecule has 96 valence electrons. The lowest BCUT2D eigenvalue weighted by molar-refractivity contribution is 0.415. The first-order valence-electron chi connectivity index (χ1n) is 6.30. The Morgan fingerprint density at radius 3 is 2.78 bits per heavy atom. The highest BCUT2D eigenvalue weighted by Crippen LogP contribution is 2.25. The first kappa shape index (κ1) is 12.9. The van der Waals surface area contributed by atoms with Gasteiger partial charge in [0.2, 0.25) is 0 Å². The second-order valence-corrected chi connectivity index (χ2v) is 4.48. The zero-order chi connectivity index (χ0) is 13.0. The SMILES string of the molecule is CCC(Cc1cccc2ccc(OC)cc12)NN. The lowest BCUT2D eigenvalue weighted by Gasteiger charge is -2.15. The summed E-state index contributed by atoms with van der Waals surface area (Å²) in [4.78, 5) is 0. The van der Waals surface area contributed by atoms with Gasteiger partial charge in [-0.3, -0.25) is 11.3 Å². The molecule has 3 heteroatoms. The number of fused-ring (bicyclic) bond motifs is 1. The third-order valence-electron chi connectivity index (χ3n) is 3.37. The van der Waals surface area contributed by atoms with Crippen molar-refractivity contribution in [2.45, 2.75) is 25.8 Å². The van der Waals surface area contributed by atoms with Crippen molar-refractivity contribution in [1.29, 1.82) is 0 Å². The van der Waals surface area contributed by atoms with Gasteiger partial charge in [0.15, 0.2) is 0 Å². The van der Waals surface area contributed by atoms with E-state index in [2.05, 4.69) is 42.7 Å². The highest BCUT2D eigenvalue weighted by Gasteiger charge is 2.08. The van der Waals surface area contributed by atoms with Crippen LogP contribution in [0.25, 0.3) is 10.8 Å². The Labute approximate surface area is 108 Å². The Morgan fingerprint density at radius 2 is 2.11 bits per heavy atom. The summed E-state index contributed by atoms with van der Waals surface area (Å²) in [7, 11) is 1.69. The average molecular weight is 244 g/mol. The number of hydrogen-bond donors (Lipinski definition) is 2. The number of methoxy groups -OCH3 is 1. The van der Waals surface area contributed by atoms with Crippen LogP contribution >= 0.6 is 0 Å². The number of nitrogens with two attached hydrogens (primary N) is 1. The molecular formula is C15H20N2O. The molecule has 18 heavy (non-hydrogen) atoms. The Bertz CT molecular complexity index is 521. The molecule has 2 aromatic carbocycles. The van der Waals surface area contributed by atoms with Crippen LogP contribution in [0.15, 0.2) is 36.4 Å². The topological polar surface area (TPSA) is 47.3 Å². The Hall–Kier alpha value is -1.58. The molecule has 0 saturated carbocycles. The van der Waals surface area contributed by atoms with Crippen molar-refractivity contribution in [2.75, 3.05) is 7.11 Å². The number of hydrogen-bond acceptors (Lipinski definition) is 3. The highest BCUT2D eigenvalue weighted by atomic mass is 16.5. The van der Waals surface area contributed by atoms with E-state index in [-0.39, 0.29) is 0 Å². The number of rotatable bonds is 5. The quantitative estimate of drug-likeness (QED) is 0.628. The van der Waals surface area contributed by atoms with E-state index >= 15 is 0 Å². The van der Waals surface area contributed by atoms with Crippen LogP contribution in [0.3, 0.4) is 0 Å². The van der Waals surface area contributed by atoms with Gasteiger partial charge in [0, 0.05) is 6.04 Å². The zero-order valence-corrected chi connectivity index (χ0v) is 10.9. The van der Waals surface area contributed by atoms with Crippen LogP contribution < -0.4 is 16.0 Å². The second kappa shape index (κ2) is 5.85. The fraction of sp³-hybridized carbons (Fsp3) is 0.333. The lowest BCUT2D eigenvalue weighted by atomic mass is 9.98. The summed E-state index contributed by atoms with van der Waals surface area (Å²) < 4.78 is 5.29. The molecule has 0 radical (unpaired) electrons. The van der Waals surface area contributed by atoms with E-state index in [0.717, 1.165) is 18.6 Å². The van der Waals surface area contributed by atoms with E-state index in [1.165, 1.54) is 16.3 Å². The molecule has 0 aromatic heterocycles. The van der Waals surface area contributed by atoms with E-state index < -0.39 is 0 Å². The molecular weight excluding hydrogens is 224 g/mol. The van der Waals surface area contributed by atoms with Gasteiger partial charge < -0.3 is 4.74 Å². The monoisotopic (exact) mass is 244 g/mol. The number of nitrogens with one attached hydrogen (secondary N) is 1. The van der Waals surface area contributed by atoms with E-state index in [0.29, 0.717) is 6.04 Å². The van der Waals surface area contributed by atoms with Gasteiger partial charge in [-0.05, 0) is 41.3 Å². The summed E-state index contributed by atoms with van der Waals surface area (Å²) in [5.41, 5.74) is 4.16. The largest absolute Gasteiger partial charge is 0.497 e. The summed E-state index contributed by atoms with van der Waals surface area (Å²) >= 11 is 0. The van der Waals surface area contributed by atoms with Crippen LogP contribution in [-0.4, -0.2) is 13.2 Å². The maximum absolute atomic E-state index is 5.56. The van der Waals surface area contributed by atoms with E-state index in [1.54, 1.807) is 7.11 Å². The molecule has 0 saturated heterocycles. The molecule has 1 unspecified atom stereocenters. The van der Waals surface area contributed by atoms with Gasteiger partial charge in [-0.25, -0.2) is 0 Å². The summed E-state index contributed by atoms with van der Waals surface area (Å²) in [5.74, 6) is 6.45. The van der Waals surface area contributed by atoms with Crippen LogP contribution in [0.2, 0.25) is 0 Å². The van der Waals surface area contributed by atoms with Gasteiger partial charge >= 0.3 is 0 Å². The van der Waals surface area contributed by atoms with Crippen molar-refractivity contribution in [3.63, 3.8) is 0 Å². The maximum atomic E-state index is 5.56. The number of ether oxygens (including phenoxy) is 1. The number of benzene rings is 2. The molecule has 0 amide bonds. The van der Waals surface area contributed by atoms with Crippen molar-refractivity contribution in [2.24, 2.45) is 5.84 Å². The fourth-order valence-electron chi connectivity index (χ4n) is 2.21. The normalized spacial score (nSPS) is 12.6. The Kier molecular flexibility index (Phi) is 4.18. The van der Waals surface area contributed by atoms with Crippen LogP contribution in [0.4, 0.5) is 0 Å². The third kappa shape index (κ3) is 2.63. The van der Waals surface area contributed by atoms with E-state index in [1.807, 2.05) is 6.07 Å². The van der Waals surface area contributed by atoms with Crippen molar-refractivity contribution in [3.05, 3.63) is 42.0 Å². The van der Waals surface area contributed by atoms with Gasteiger partial charge in [0.1, 0.15) is 5.75 Å². The zero-order valence-electron chi connectivity index (χ0n) is 10.9. The number of hydrazine groups is 1. The molecule has 0 aliphatic rings. The van der Waals surface area contributed by atoms with Gasteiger partial charge in [-0.2, -0.15) is 0 Å². The van der Waals surface area contributed by atoms with Gasteiger partial charge in [-0.15, -0.1) is 0 Å². The molecule has 3 nitrogen and oxygen atoms in total. The second-order valence-electron chi connectivity index (χ2n) is 4.48. The molecule has 0 bridgehead atoms. The summed E-state index contributed by atoms with van der Waals surface area (Å²) in [5, 5.41) is 2.48. The maximum Gasteiger partial charge on any atom is 0.119 e. The lowest BCUT2D eigenvalue weighted by Crippen LogP contribution is -2.36. The molecule has 0 spiro atoms. The minimum absolute atomic E-state index is 0.307. The average Bonchev–Trinajstić information content (AvgIpc) is 2.44. The van der Waals surface area contributed by atoms with Crippen LogP contribution in [0.5, 0.6) is 5.75 Å². The first-order valence-corrected chi connectivity index (χ1v) is 6.30. The summed E-state index contributed by atoms with van der Waals surface area (Å²) in [6, 6.07) is 12.8. The fourth-order valence-corrected chi connectivity index (χ4v) is 2.21.